The molecule has 3 heterocycles. The molecule has 34 heavy (non-hydrogen) atoms. The van der Waals surface area contributed by atoms with Gasteiger partial charge in [0.05, 0.1) is 28.6 Å². The van der Waals surface area contributed by atoms with Crippen LogP contribution >= 0.6 is 11.6 Å². The number of halogens is 1. The molecule has 4 aliphatic rings. The molecule has 0 radical (unpaired) electrons. The molecule has 180 valence electrons. The first-order chi connectivity index (χ1) is 16.5. The Bertz CT molecular complexity index is 1140. The summed E-state index contributed by atoms with van der Waals surface area (Å²) in [7, 11) is -1.11. The summed E-state index contributed by atoms with van der Waals surface area (Å²) in [5.74, 6) is 3.11. The third kappa shape index (κ3) is 4.06. The van der Waals surface area contributed by atoms with E-state index < -0.39 is 10.8 Å². The number of benzene rings is 1. The van der Waals surface area contributed by atoms with Crippen LogP contribution in [0, 0.1) is 11.8 Å². The van der Waals surface area contributed by atoms with Gasteiger partial charge < -0.3 is 15.3 Å². The van der Waals surface area contributed by atoms with Gasteiger partial charge in [-0.2, -0.15) is 4.98 Å². The number of nitrogens with one attached hydrogen (secondary N) is 1. The average molecular weight is 499 g/mol. The second kappa shape index (κ2) is 8.92. The topological polar surface area (TPSA) is 78.4 Å². The quantitative estimate of drug-likeness (QED) is 0.634. The fourth-order valence-corrected chi connectivity index (χ4v) is 7.39. The van der Waals surface area contributed by atoms with Gasteiger partial charge >= 0.3 is 0 Å². The van der Waals surface area contributed by atoms with Crippen LogP contribution in [0.3, 0.4) is 0 Å². The van der Waals surface area contributed by atoms with E-state index in [-0.39, 0.29) is 12.1 Å². The summed E-state index contributed by atoms with van der Waals surface area (Å²) in [5.41, 5.74) is 3.25. The van der Waals surface area contributed by atoms with Crippen molar-refractivity contribution in [2.45, 2.75) is 55.4 Å². The maximum atomic E-state index is 13.1. The van der Waals surface area contributed by atoms with E-state index in [9.17, 15) is 9.32 Å². The molecule has 0 spiro atoms. The van der Waals surface area contributed by atoms with Crippen LogP contribution in [0.2, 0.25) is 5.02 Å². The summed E-state index contributed by atoms with van der Waals surface area (Å²) in [6.45, 7) is 1.89. The van der Waals surface area contributed by atoms with Crippen molar-refractivity contribution in [1.82, 2.24) is 9.97 Å². The zero-order valence-electron chi connectivity index (χ0n) is 19.3. The van der Waals surface area contributed by atoms with Gasteiger partial charge in [0, 0.05) is 23.9 Å². The highest BCUT2D eigenvalue weighted by molar-refractivity contribution is 7.85. The molecule has 3 atom stereocenters. The number of hydrogen-bond donors (Lipinski definition) is 2. The van der Waals surface area contributed by atoms with Crippen LogP contribution in [0.1, 0.15) is 49.8 Å². The lowest BCUT2D eigenvalue weighted by molar-refractivity contribution is 0.143. The Labute approximate surface area is 208 Å². The van der Waals surface area contributed by atoms with E-state index in [1.54, 1.807) is 0 Å². The minimum Gasteiger partial charge on any atom is -0.394 e. The minimum absolute atomic E-state index is 0.0693. The molecular formula is C26H31ClN4O2S. The molecule has 2 aliphatic carbocycles. The lowest BCUT2D eigenvalue weighted by Gasteiger charge is -2.42. The molecule has 1 saturated carbocycles. The van der Waals surface area contributed by atoms with E-state index in [0.29, 0.717) is 23.4 Å². The van der Waals surface area contributed by atoms with Crippen molar-refractivity contribution >= 4 is 39.7 Å². The number of aliphatic hydroxyl groups excluding tert-OH is 1. The highest BCUT2D eigenvalue weighted by Crippen LogP contribution is 2.43. The van der Waals surface area contributed by atoms with E-state index in [4.69, 9.17) is 21.6 Å². The van der Waals surface area contributed by atoms with Crippen molar-refractivity contribution in [3.05, 3.63) is 46.6 Å². The highest BCUT2D eigenvalue weighted by Gasteiger charge is 2.40. The lowest BCUT2D eigenvalue weighted by atomic mass is 9.77. The first kappa shape index (κ1) is 22.5. The molecule has 2 aromatic rings. The first-order valence-electron chi connectivity index (χ1n) is 12.4. The van der Waals surface area contributed by atoms with E-state index in [1.807, 2.05) is 12.1 Å². The molecule has 3 unspecified atom stereocenters. The monoisotopic (exact) mass is 498 g/mol. The Morgan fingerprint density at radius 1 is 1.15 bits per heavy atom. The Kier molecular flexibility index (Phi) is 5.90. The Morgan fingerprint density at radius 3 is 2.68 bits per heavy atom. The number of allylic oxidation sites excluding steroid dienone is 1. The number of aromatic nitrogens is 2. The standard InChI is InChI=1S/C26H31ClN4O2S/c27-21-7-5-17(6-8-21)18-12-19-14-31(15-20(19)13-18)25-28-22-4-1-2-11-34(33)23(22)24(29-25)30-26(16-32)9-3-10-26/h5-8,12,19-20,32H,1-4,9-11,13-16H2,(H,28,29,30). The van der Waals surface area contributed by atoms with Gasteiger partial charge in [-0.3, -0.25) is 4.21 Å². The molecule has 1 aromatic heterocycles. The SMILES string of the molecule is O=S1CCCCc2nc(N3CC4C=C(c5ccc(Cl)cc5)CC4C3)nc(NC3(CO)CCC3)c21. The summed E-state index contributed by atoms with van der Waals surface area (Å²) in [6.07, 6.45) is 9.16. The number of hydrogen-bond acceptors (Lipinski definition) is 6. The van der Waals surface area contributed by atoms with E-state index >= 15 is 0 Å². The number of rotatable bonds is 5. The van der Waals surface area contributed by atoms with Crippen molar-refractivity contribution in [2.75, 3.05) is 35.7 Å². The Hall–Kier alpha value is -1.96. The Morgan fingerprint density at radius 2 is 1.97 bits per heavy atom. The van der Waals surface area contributed by atoms with Gasteiger partial charge in [0.25, 0.3) is 0 Å². The fraction of sp³-hybridized carbons (Fsp3) is 0.538. The van der Waals surface area contributed by atoms with Gasteiger partial charge in [0.1, 0.15) is 10.7 Å². The molecule has 0 bridgehead atoms. The van der Waals surface area contributed by atoms with Crippen LogP contribution in [0.5, 0.6) is 0 Å². The molecule has 6 nitrogen and oxygen atoms in total. The van der Waals surface area contributed by atoms with Gasteiger partial charge in [-0.05, 0) is 80.1 Å². The Balaban J connectivity index is 1.29. The fourth-order valence-electron chi connectivity index (χ4n) is 5.88. The zero-order valence-corrected chi connectivity index (χ0v) is 20.9. The molecule has 6 rings (SSSR count). The lowest BCUT2D eigenvalue weighted by Crippen LogP contribution is -2.49. The average Bonchev–Trinajstić information content (AvgIpc) is 3.33. The minimum atomic E-state index is -1.11. The third-order valence-electron chi connectivity index (χ3n) is 8.03. The summed E-state index contributed by atoms with van der Waals surface area (Å²) < 4.78 is 13.1. The third-order valence-corrected chi connectivity index (χ3v) is 9.82. The molecule has 1 aromatic carbocycles. The first-order valence-corrected chi connectivity index (χ1v) is 14.1. The largest absolute Gasteiger partial charge is 0.394 e. The van der Waals surface area contributed by atoms with Crippen molar-refractivity contribution in [1.29, 1.82) is 0 Å². The summed E-state index contributed by atoms with van der Waals surface area (Å²) in [5, 5.41) is 14.3. The maximum absolute atomic E-state index is 13.1. The molecule has 1 saturated heterocycles. The highest BCUT2D eigenvalue weighted by atomic mass is 35.5. The molecule has 0 amide bonds. The van der Waals surface area contributed by atoms with Gasteiger partial charge in [0.15, 0.2) is 0 Å². The number of aliphatic hydroxyl groups is 1. The second-order valence-electron chi connectivity index (χ2n) is 10.3. The van der Waals surface area contributed by atoms with Crippen LogP contribution in [0.15, 0.2) is 35.2 Å². The van der Waals surface area contributed by atoms with Crippen molar-refractivity contribution in [2.24, 2.45) is 11.8 Å². The van der Waals surface area contributed by atoms with Gasteiger partial charge in [-0.15, -0.1) is 0 Å². The van der Waals surface area contributed by atoms with Gasteiger partial charge in [-0.1, -0.05) is 29.8 Å². The van der Waals surface area contributed by atoms with E-state index in [0.717, 1.165) is 79.6 Å². The number of fused-ring (bicyclic) bond motifs is 2. The second-order valence-corrected chi connectivity index (χ2v) is 12.2. The molecule has 2 aliphatic heterocycles. The molecule has 2 N–H and O–H groups in total. The van der Waals surface area contributed by atoms with E-state index in [1.165, 1.54) is 11.1 Å². The summed E-state index contributed by atoms with van der Waals surface area (Å²) in [6, 6.07) is 8.14. The summed E-state index contributed by atoms with van der Waals surface area (Å²) >= 11 is 6.07. The van der Waals surface area contributed by atoms with Crippen LogP contribution < -0.4 is 10.2 Å². The predicted octanol–water partition coefficient (Wildman–Crippen LogP) is 4.44. The van der Waals surface area contributed by atoms with E-state index in [2.05, 4.69) is 28.4 Å². The van der Waals surface area contributed by atoms with Gasteiger partial charge in [-0.25, -0.2) is 4.98 Å². The molecule has 2 fully saturated rings. The molecular weight excluding hydrogens is 468 g/mol. The van der Waals surface area contributed by atoms with Crippen LogP contribution in [0.4, 0.5) is 11.8 Å². The van der Waals surface area contributed by atoms with Crippen LogP contribution in [-0.4, -0.2) is 50.3 Å². The van der Waals surface area contributed by atoms with Crippen molar-refractivity contribution in [3.8, 4) is 0 Å². The van der Waals surface area contributed by atoms with Gasteiger partial charge in [0.2, 0.25) is 5.95 Å². The maximum Gasteiger partial charge on any atom is 0.227 e. The normalized spacial score (nSPS) is 27.4. The van der Waals surface area contributed by atoms with Crippen molar-refractivity contribution < 1.29 is 9.32 Å². The van der Waals surface area contributed by atoms with Crippen LogP contribution in [0.25, 0.3) is 5.57 Å². The zero-order chi connectivity index (χ0) is 23.3. The summed E-state index contributed by atoms with van der Waals surface area (Å²) in [4.78, 5) is 13.0. The number of nitrogens with zero attached hydrogens (tertiary/aromatic N) is 3. The van der Waals surface area contributed by atoms with Crippen LogP contribution in [-0.2, 0) is 17.2 Å². The smallest absolute Gasteiger partial charge is 0.227 e. The predicted molar refractivity (Wildman–Crippen MR) is 137 cm³/mol. The number of aryl methyl sites for hydroxylation is 1. The molecule has 8 heteroatoms. The number of anilines is 2. The van der Waals surface area contributed by atoms with Crippen molar-refractivity contribution in [3.63, 3.8) is 0 Å².